The van der Waals surface area contributed by atoms with E-state index in [1.807, 2.05) is 35.2 Å². The summed E-state index contributed by atoms with van der Waals surface area (Å²) < 4.78 is 65.3. The third kappa shape index (κ3) is 8.11. The van der Waals surface area contributed by atoms with Crippen molar-refractivity contribution in [1.82, 2.24) is 0 Å². The summed E-state index contributed by atoms with van der Waals surface area (Å²) in [7, 11) is -8.55. The van der Waals surface area contributed by atoms with Crippen LogP contribution in [0.3, 0.4) is 0 Å². The van der Waals surface area contributed by atoms with E-state index in [4.69, 9.17) is 19.6 Å². The van der Waals surface area contributed by atoms with E-state index in [-0.39, 0.29) is 27.6 Å². The summed E-state index contributed by atoms with van der Waals surface area (Å²) in [5, 5.41) is 9.37. The van der Waals surface area contributed by atoms with Gasteiger partial charge in [0.05, 0.1) is 0 Å². The second-order valence-electron chi connectivity index (χ2n) is 10.5. The first-order chi connectivity index (χ1) is 19.0. The van der Waals surface area contributed by atoms with Crippen molar-refractivity contribution >= 4 is 36.4 Å². The van der Waals surface area contributed by atoms with Crippen LogP contribution in [-0.4, -0.2) is 59.6 Å². The van der Waals surface area contributed by atoms with Gasteiger partial charge in [0.15, 0.2) is 0 Å². The number of hydrogen-bond acceptors (Lipinski definition) is 6. The third-order valence-corrected chi connectivity index (χ3v) is 9.46. The van der Waals surface area contributed by atoms with Crippen LogP contribution in [0.4, 0.5) is 5.69 Å². The van der Waals surface area contributed by atoms with Crippen LogP contribution in [-0.2, 0) is 46.1 Å². The molecule has 3 rings (SSSR count). The first-order valence-electron chi connectivity index (χ1n) is 12.6. The Balaban J connectivity index is 1.89. The quantitative estimate of drug-likeness (QED) is 0.174. The zero-order valence-corrected chi connectivity index (χ0v) is 25.4. The molecule has 3 N–H and O–H groups in total. The van der Waals surface area contributed by atoms with Crippen LogP contribution < -0.4 is 4.90 Å². The van der Waals surface area contributed by atoms with Gasteiger partial charge >= 0.3 is 237 Å². The van der Waals surface area contributed by atoms with Gasteiger partial charge in [-0.15, -0.1) is 0 Å². The van der Waals surface area contributed by atoms with Crippen LogP contribution in [0.5, 0.6) is 0 Å². The molecule has 1 atom stereocenters. The van der Waals surface area contributed by atoms with Crippen LogP contribution >= 0.6 is 0 Å². The van der Waals surface area contributed by atoms with Crippen molar-refractivity contribution in [1.29, 1.82) is 0 Å². The van der Waals surface area contributed by atoms with Crippen LogP contribution in [0, 0.1) is 0 Å². The molecular weight excluding hydrogens is 613 g/mol. The van der Waals surface area contributed by atoms with Gasteiger partial charge in [-0.1, -0.05) is 0 Å². The third-order valence-electron chi connectivity index (χ3n) is 7.00. The van der Waals surface area contributed by atoms with Gasteiger partial charge in [-0.2, -0.15) is 8.42 Å². The number of aromatic carboxylic acids is 1. The molecule has 0 spiro atoms. The van der Waals surface area contributed by atoms with Gasteiger partial charge in [-0.05, 0) is 0 Å². The number of nitrogens with zero attached hydrogens (tertiary/aromatic N) is 1. The molecule has 0 bridgehead atoms. The van der Waals surface area contributed by atoms with Gasteiger partial charge in [-0.25, -0.2) is 0 Å². The number of fused-ring (bicyclic) bond motifs is 1. The molecule has 0 aromatic heterocycles. The average Bonchev–Trinajstić information content (AvgIpc) is 3.08. The van der Waals surface area contributed by atoms with Crippen molar-refractivity contribution in [3.63, 3.8) is 0 Å². The molecule has 1 aliphatic heterocycles. The average molecular weight is 646 g/mol. The monoisotopic (exact) mass is 645 g/mol. The fourth-order valence-corrected chi connectivity index (χ4v) is 6.92. The summed E-state index contributed by atoms with van der Waals surface area (Å²) in [6.45, 7) is 6.05. The maximum atomic E-state index is 11.9. The molecule has 0 saturated carbocycles. The van der Waals surface area contributed by atoms with Crippen molar-refractivity contribution < 1.29 is 50.9 Å². The van der Waals surface area contributed by atoms with Crippen LogP contribution in [0.15, 0.2) is 84.6 Å². The van der Waals surface area contributed by atoms with Gasteiger partial charge in [0, 0.05) is 0 Å². The fourth-order valence-electron chi connectivity index (χ4n) is 4.95. The number of hydrogen-bond donors (Lipinski definition) is 3. The molecule has 9 nitrogen and oxygen atoms in total. The normalized spacial score (nSPS) is 17.7. The van der Waals surface area contributed by atoms with E-state index in [0.717, 1.165) is 16.9 Å². The summed E-state index contributed by atoms with van der Waals surface area (Å²) in [5.74, 6) is -2.25. The number of rotatable bonds is 12. The number of para-hydroxylation sites is 1. The Morgan fingerprint density at radius 2 is 1.68 bits per heavy atom. The minimum absolute atomic E-state index is 0.0336. The zero-order valence-electron chi connectivity index (χ0n) is 22.8. The van der Waals surface area contributed by atoms with Crippen molar-refractivity contribution in [2.24, 2.45) is 0 Å². The Hall–Kier alpha value is -2.89. The predicted molar refractivity (Wildman–Crippen MR) is 156 cm³/mol. The van der Waals surface area contributed by atoms with Gasteiger partial charge in [0.1, 0.15) is 0 Å². The Kier molecular flexibility index (Phi) is 9.98. The van der Waals surface area contributed by atoms with E-state index in [1.54, 1.807) is 37.3 Å². The standard InChI is InChI=1S/C29H33NO8S2.Ni/c1-28(2)24-14-7-8-15-25(24)30(18-11-19-39(33,34)35)26(28)16-6-4-5-9-17-29(3,21-40(36,37)38)23-13-10-12-22(20-23)27(31)32;/h4-10,12-16,20H,11,18-19,21H2,1-3H3,(H,31,32)(H,33,34,35)(H,36,37,38);/b6-4+,9-5+,26-16+;. The number of benzene rings is 2. The molecule has 41 heavy (non-hydrogen) atoms. The minimum atomic E-state index is -4.47. The molecule has 1 aliphatic rings. The molecular formula is C29H33NNiO8S2. The van der Waals surface area contributed by atoms with Gasteiger partial charge in [-0.3, -0.25) is 4.55 Å². The summed E-state index contributed by atoms with van der Waals surface area (Å²) in [5.41, 5.74) is 1.52. The second kappa shape index (κ2) is 12.5. The van der Waals surface area contributed by atoms with Gasteiger partial charge < -0.3 is 0 Å². The number of allylic oxidation sites excluding steroid dienone is 6. The summed E-state index contributed by atoms with van der Waals surface area (Å²) in [4.78, 5) is 13.5. The fraction of sp³-hybridized carbons (Fsp3) is 0.310. The van der Waals surface area contributed by atoms with Crippen LogP contribution in [0.2, 0.25) is 0 Å². The van der Waals surface area contributed by atoms with Crippen molar-refractivity contribution in [2.45, 2.75) is 38.0 Å². The predicted octanol–water partition coefficient (Wildman–Crippen LogP) is 4.32. The molecule has 0 radical (unpaired) electrons. The van der Waals surface area contributed by atoms with Gasteiger partial charge in [0.2, 0.25) is 0 Å². The Bertz CT molecular complexity index is 1640. The van der Waals surface area contributed by atoms with E-state index in [1.165, 1.54) is 18.2 Å². The first-order valence-corrected chi connectivity index (χ1v) is 16.3. The molecule has 1 heterocycles. The molecule has 1 unspecified atom stereocenters. The van der Waals surface area contributed by atoms with E-state index >= 15 is 0 Å². The number of carbonyl (C=O) groups is 1. The number of carboxylic acid groups (broad SMARTS) is 1. The molecule has 12 heteroatoms. The SMILES string of the molecule is CC(CS(=O)(=O)O)([C](=[Ni])/C=C/C=C/C=C1/N(CCCS(=O)(=O)O)c2ccccc2C1(C)C)c1cccc(C(=O)O)c1. The van der Waals surface area contributed by atoms with E-state index in [9.17, 15) is 31.3 Å². The van der Waals surface area contributed by atoms with Crippen LogP contribution in [0.25, 0.3) is 0 Å². The van der Waals surface area contributed by atoms with Crippen LogP contribution in [0.1, 0.15) is 48.7 Å². The van der Waals surface area contributed by atoms with E-state index in [2.05, 4.69) is 13.8 Å². The Labute approximate surface area is 248 Å². The molecule has 0 fully saturated rings. The summed E-state index contributed by atoms with van der Waals surface area (Å²) in [6, 6.07) is 13.6. The number of carboxylic acids is 1. The number of anilines is 1. The van der Waals surface area contributed by atoms with E-state index in [0.29, 0.717) is 12.1 Å². The molecule has 2 aromatic rings. The molecule has 2 aromatic carbocycles. The molecule has 0 amide bonds. The maximum absolute atomic E-state index is 11.9. The Morgan fingerprint density at radius 1 is 1.00 bits per heavy atom. The van der Waals surface area contributed by atoms with Crippen molar-refractivity contribution in [2.75, 3.05) is 23.0 Å². The van der Waals surface area contributed by atoms with Crippen molar-refractivity contribution in [3.05, 3.63) is 101 Å². The second-order valence-corrected chi connectivity index (χ2v) is 14.0. The Morgan fingerprint density at radius 3 is 2.32 bits per heavy atom. The topological polar surface area (TPSA) is 149 Å². The zero-order chi connectivity index (χ0) is 30.6. The van der Waals surface area contributed by atoms with Gasteiger partial charge in [0.25, 0.3) is 0 Å². The molecule has 224 valence electrons. The summed E-state index contributed by atoms with van der Waals surface area (Å²) >= 11 is 5.17. The first kappa shape index (κ1) is 32.6. The van der Waals surface area contributed by atoms with E-state index < -0.39 is 37.4 Å². The summed E-state index contributed by atoms with van der Waals surface area (Å²) in [6.07, 6.45) is 8.81. The molecule has 0 aliphatic carbocycles. The van der Waals surface area contributed by atoms with Crippen molar-refractivity contribution in [3.8, 4) is 0 Å². The molecule has 0 saturated heterocycles.